The number of rotatable bonds is 2. The van der Waals surface area contributed by atoms with Crippen molar-refractivity contribution in [1.29, 1.82) is 0 Å². The molecule has 1 aliphatic heterocycles. The van der Waals surface area contributed by atoms with Gasteiger partial charge in [-0.15, -0.1) is 0 Å². The number of carbonyl (C=O) groups excluding carboxylic acids is 1. The molecule has 1 aliphatic rings. The van der Waals surface area contributed by atoms with Crippen molar-refractivity contribution in [3.8, 4) is 0 Å². The Bertz CT molecular complexity index is 330. The third-order valence-corrected chi connectivity index (χ3v) is 2.18. The molecule has 1 aromatic rings. The van der Waals surface area contributed by atoms with Gasteiger partial charge in [-0.05, 0) is 13.3 Å². The number of hydrogen-bond donors (Lipinski definition) is 2. The van der Waals surface area contributed by atoms with Gasteiger partial charge in [-0.2, -0.15) is 5.10 Å². The first-order valence-electron chi connectivity index (χ1n) is 4.66. The number of aryl methyl sites for hydroxylation is 1. The van der Waals surface area contributed by atoms with Crippen molar-refractivity contribution in [3.05, 3.63) is 11.6 Å². The fraction of sp³-hybridized carbons (Fsp3) is 0.625. The molecule has 6 nitrogen and oxygen atoms in total. The number of nitrogens with one attached hydrogen (secondary N) is 2. The predicted molar refractivity (Wildman–Crippen MR) is 49.5 cm³/mol. The second-order valence-corrected chi connectivity index (χ2v) is 3.34. The Kier molecular flexibility index (Phi) is 2.34. The van der Waals surface area contributed by atoms with E-state index in [0.717, 1.165) is 25.3 Å². The molecule has 2 heterocycles. The molecule has 0 aromatic carbocycles. The van der Waals surface area contributed by atoms with Gasteiger partial charge in [0.2, 0.25) is 0 Å². The van der Waals surface area contributed by atoms with E-state index in [4.69, 9.17) is 0 Å². The van der Waals surface area contributed by atoms with Gasteiger partial charge in [0.15, 0.2) is 5.82 Å². The van der Waals surface area contributed by atoms with E-state index in [1.807, 2.05) is 6.92 Å². The Labute approximate surface area is 81.7 Å². The summed E-state index contributed by atoms with van der Waals surface area (Å²) in [6, 6.07) is -0.0290. The molecule has 0 radical (unpaired) electrons. The van der Waals surface area contributed by atoms with Crippen LogP contribution in [0, 0.1) is 6.92 Å². The summed E-state index contributed by atoms with van der Waals surface area (Å²) in [5.41, 5.74) is 0. The summed E-state index contributed by atoms with van der Waals surface area (Å²) in [5, 5.41) is 9.40. The highest BCUT2D eigenvalue weighted by atomic mass is 16.2. The minimum Gasteiger partial charge on any atom is -0.331 e. The zero-order chi connectivity index (χ0) is 9.97. The monoisotopic (exact) mass is 195 g/mol. The van der Waals surface area contributed by atoms with Crippen LogP contribution in [0.3, 0.4) is 0 Å². The minimum absolute atomic E-state index is 0.0290. The smallest absolute Gasteiger partial charge is 0.317 e. The summed E-state index contributed by atoms with van der Waals surface area (Å²) < 4.78 is 0. The Hall–Kier alpha value is -1.59. The van der Waals surface area contributed by atoms with E-state index < -0.39 is 0 Å². The number of carbonyl (C=O) groups is 1. The number of urea groups is 1. The summed E-state index contributed by atoms with van der Waals surface area (Å²) in [5.74, 6) is 1.38. The second kappa shape index (κ2) is 3.65. The van der Waals surface area contributed by atoms with Crippen LogP contribution in [0.15, 0.2) is 0 Å². The summed E-state index contributed by atoms with van der Waals surface area (Å²) in [4.78, 5) is 17.2. The van der Waals surface area contributed by atoms with Gasteiger partial charge in [-0.25, -0.2) is 9.78 Å². The molecular weight excluding hydrogens is 182 g/mol. The lowest BCUT2D eigenvalue weighted by atomic mass is 10.2. The molecule has 2 amide bonds. The zero-order valence-corrected chi connectivity index (χ0v) is 8.08. The number of nitrogens with zero attached hydrogens (tertiary/aromatic N) is 3. The number of amides is 2. The first-order valence-corrected chi connectivity index (χ1v) is 4.66. The molecule has 0 aliphatic carbocycles. The van der Waals surface area contributed by atoms with E-state index in [9.17, 15) is 4.79 Å². The molecule has 2 N–H and O–H groups in total. The van der Waals surface area contributed by atoms with Crippen molar-refractivity contribution < 1.29 is 4.79 Å². The summed E-state index contributed by atoms with van der Waals surface area (Å²) in [6.07, 6.45) is 1.10. The van der Waals surface area contributed by atoms with Crippen molar-refractivity contribution in [2.24, 2.45) is 0 Å². The molecule has 6 heteroatoms. The molecule has 14 heavy (non-hydrogen) atoms. The molecule has 1 aromatic heterocycles. The number of hydrogen-bond acceptors (Lipinski definition) is 3. The summed E-state index contributed by atoms with van der Waals surface area (Å²) in [6.45, 7) is 3.94. The van der Waals surface area contributed by atoms with E-state index in [1.54, 1.807) is 4.90 Å². The van der Waals surface area contributed by atoms with Gasteiger partial charge < -0.3 is 10.2 Å². The standard InChI is InChI=1S/C8H13N5O/c1-6-10-7(12-11-6)5-9-8(14)13-3-2-4-13/h2-5H2,1H3,(H,9,14)(H,10,11,12). The lowest BCUT2D eigenvalue weighted by molar-refractivity contribution is 0.167. The van der Waals surface area contributed by atoms with Gasteiger partial charge >= 0.3 is 6.03 Å². The summed E-state index contributed by atoms with van der Waals surface area (Å²) >= 11 is 0. The largest absolute Gasteiger partial charge is 0.331 e. The van der Waals surface area contributed by atoms with Gasteiger partial charge in [0.25, 0.3) is 0 Å². The molecule has 0 unspecified atom stereocenters. The van der Waals surface area contributed by atoms with Crippen molar-refractivity contribution in [3.63, 3.8) is 0 Å². The molecule has 2 rings (SSSR count). The molecule has 0 spiro atoms. The molecule has 0 atom stereocenters. The number of aromatic amines is 1. The van der Waals surface area contributed by atoms with E-state index >= 15 is 0 Å². The van der Waals surface area contributed by atoms with Crippen LogP contribution < -0.4 is 5.32 Å². The first kappa shape index (κ1) is 8.98. The minimum atomic E-state index is -0.0290. The Morgan fingerprint density at radius 3 is 2.93 bits per heavy atom. The van der Waals surface area contributed by atoms with E-state index in [1.165, 1.54) is 0 Å². The Balaban J connectivity index is 1.79. The van der Waals surface area contributed by atoms with Crippen LogP contribution in [-0.4, -0.2) is 39.2 Å². The fourth-order valence-electron chi connectivity index (χ4n) is 1.25. The second-order valence-electron chi connectivity index (χ2n) is 3.34. The van der Waals surface area contributed by atoms with E-state index in [0.29, 0.717) is 12.4 Å². The van der Waals surface area contributed by atoms with Crippen LogP contribution in [0.4, 0.5) is 4.79 Å². The third-order valence-electron chi connectivity index (χ3n) is 2.18. The Morgan fingerprint density at radius 1 is 1.64 bits per heavy atom. The normalized spacial score (nSPS) is 15.1. The lowest BCUT2D eigenvalue weighted by Gasteiger charge is -2.30. The van der Waals surface area contributed by atoms with Crippen molar-refractivity contribution in [1.82, 2.24) is 25.4 Å². The van der Waals surface area contributed by atoms with Crippen LogP contribution in [0.25, 0.3) is 0 Å². The maximum atomic E-state index is 11.4. The van der Waals surface area contributed by atoms with Crippen LogP contribution in [0.5, 0.6) is 0 Å². The van der Waals surface area contributed by atoms with Gasteiger partial charge in [0.05, 0.1) is 6.54 Å². The number of likely N-dealkylation sites (tertiary alicyclic amines) is 1. The highest BCUT2D eigenvalue weighted by Gasteiger charge is 2.19. The molecular formula is C8H13N5O. The quantitative estimate of drug-likeness (QED) is 0.699. The molecule has 1 fully saturated rings. The zero-order valence-electron chi connectivity index (χ0n) is 8.08. The van der Waals surface area contributed by atoms with Gasteiger partial charge in [0.1, 0.15) is 5.82 Å². The SMILES string of the molecule is Cc1nc(CNC(=O)N2CCC2)n[nH]1. The first-order chi connectivity index (χ1) is 6.75. The van der Waals surface area contributed by atoms with Crippen LogP contribution in [0.1, 0.15) is 18.1 Å². The van der Waals surface area contributed by atoms with Gasteiger partial charge in [-0.1, -0.05) is 0 Å². The van der Waals surface area contributed by atoms with Crippen molar-refractivity contribution >= 4 is 6.03 Å². The van der Waals surface area contributed by atoms with Crippen molar-refractivity contribution in [2.45, 2.75) is 19.9 Å². The maximum absolute atomic E-state index is 11.4. The van der Waals surface area contributed by atoms with Crippen LogP contribution in [-0.2, 0) is 6.54 Å². The number of aromatic nitrogens is 3. The highest BCUT2D eigenvalue weighted by Crippen LogP contribution is 2.05. The topological polar surface area (TPSA) is 73.9 Å². The molecule has 1 saturated heterocycles. The van der Waals surface area contributed by atoms with E-state index in [-0.39, 0.29) is 6.03 Å². The van der Waals surface area contributed by atoms with Gasteiger partial charge in [-0.3, -0.25) is 5.10 Å². The van der Waals surface area contributed by atoms with Crippen molar-refractivity contribution in [2.75, 3.05) is 13.1 Å². The molecule has 76 valence electrons. The number of H-pyrrole nitrogens is 1. The molecule has 0 saturated carbocycles. The average Bonchev–Trinajstić information content (AvgIpc) is 2.45. The average molecular weight is 195 g/mol. The van der Waals surface area contributed by atoms with Crippen LogP contribution >= 0.6 is 0 Å². The maximum Gasteiger partial charge on any atom is 0.317 e. The van der Waals surface area contributed by atoms with E-state index in [2.05, 4.69) is 20.5 Å². The molecule has 0 bridgehead atoms. The summed E-state index contributed by atoms with van der Waals surface area (Å²) in [7, 11) is 0. The third kappa shape index (κ3) is 1.84. The van der Waals surface area contributed by atoms with Gasteiger partial charge in [0, 0.05) is 13.1 Å². The fourth-order valence-corrected chi connectivity index (χ4v) is 1.25. The lowest BCUT2D eigenvalue weighted by Crippen LogP contribution is -2.47. The predicted octanol–water partition coefficient (Wildman–Crippen LogP) is 0.0284. The van der Waals surface area contributed by atoms with Crippen LogP contribution in [0.2, 0.25) is 0 Å². The Morgan fingerprint density at radius 2 is 2.43 bits per heavy atom. The highest BCUT2D eigenvalue weighted by molar-refractivity contribution is 5.74.